The molecule has 0 fully saturated rings. The number of carbonyl (C=O) groups is 1. The second-order valence-corrected chi connectivity index (χ2v) is 5.52. The Bertz CT molecular complexity index is 435. The van der Waals surface area contributed by atoms with E-state index in [9.17, 15) is 4.79 Å². The quantitative estimate of drug-likeness (QED) is 0.801. The number of hydrogen-bond acceptors (Lipinski definition) is 2. The number of hydrogen-bond donors (Lipinski definition) is 0. The van der Waals surface area contributed by atoms with E-state index in [4.69, 9.17) is 27.9 Å². The van der Waals surface area contributed by atoms with Crippen molar-refractivity contribution in [3.63, 3.8) is 0 Å². The molecule has 1 aromatic rings. The third-order valence-electron chi connectivity index (χ3n) is 2.62. The third-order valence-corrected chi connectivity index (χ3v) is 3.44. The molecule has 5 heteroatoms. The van der Waals surface area contributed by atoms with Gasteiger partial charge in [0.15, 0.2) is 0 Å². The Morgan fingerprint density at radius 1 is 1.37 bits per heavy atom. The zero-order valence-electron chi connectivity index (χ0n) is 11.5. The maximum atomic E-state index is 12.5. The van der Waals surface area contributed by atoms with Gasteiger partial charge in [0, 0.05) is 20.2 Å². The van der Waals surface area contributed by atoms with Crippen molar-refractivity contribution >= 4 is 29.1 Å². The van der Waals surface area contributed by atoms with Crippen LogP contribution >= 0.6 is 23.2 Å². The van der Waals surface area contributed by atoms with Gasteiger partial charge in [-0.05, 0) is 18.1 Å². The van der Waals surface area contributed by atoms with Gasteiger partial charge in [-0.3, -0.25) is 4.79 Å². The van der Waals surface area contributed by atoms with Gasteiger partial charge in [0.25, 0.3) is 5.91 Å². The first kappa shape index (κ1) is 16.3. The number of halogens is 2. The van der Waals surface area contributed by atoms with Crippen LogP contribution in [-0.4, -0.2) is 37.6 Å². The largest absolute Gasteiger partial charge is 0.383 e. The fourth-order valence-electron chi connectivity index (χ4n) is 1.76. The van der Waals surface area contributed by atoms with Gasteiger partial charge in [0.2, 0.25) is 0 Å². The van der Waals surface area contributed by atoms with E-state index in [1.54, 1.807) is 30.2 Å². The molecule has 1 rings (SSSR count). The molecule has 0 aliphatic heterocycles. The summed E-state index contributed by atoms with van der Waals surface area (Å²) < 4.78 is 5.04. The molecule has 0 saturated heterocycles. The van der Waals surface area contributed by atoms with Crippen LogP contribution in [0.3, 0.4) is 0 Å². The molecule has 0 radical (unpaired) electrons. The molecule has 0 unspecified atom stereocenters. The maximum absolute atomic E-state index is 12.5. The predicted octanol–water partition coefficient (Wildman–Crippen LogP) is 3.74. The molecule has 0 aromatic heterocycles. The van der Waals surface area contributed by atoms with Gasteiger partial charge in [0.1, 0.15) is 0 Å². The molecule has 3 nitrogen and oxygen atoms in total. The fraction of sp³-hybridized carbons (Fsp3) is 0.500. The number of methoxy groups -OCH3 is 1. The Kier molecular flexibility index (Phi) is 6.63. The molecule has 0 bridgehead atoms. The summed E-state index contributed by atoms with van der Waals surface area (Å²) >= 11 is 12.0. The van der Waals surface area contributed by atoms with Crippen molar-refractivity contribution in [3.05, 3.63) is 33.8 Å². The smallest absolute Gasteiger partial charge is 0.255 e. The van der Waals surface area contributed by atoms with E-state index in [1.807, 2.05) is 0 Å². The van der Waals surface area contributed by atoms with Gasteiger partial charge >= 0.3 is 0 Å². The molecule has 0 saturated carbocycles. The number of nitrogens with zero attached hydrogens (tertiary/aromatic N) is 1. The van der Waals surface area contributed by atoms with Crippen molar-refractivity contribution in [2.45, 2.75) is 13.8 Å². The van der Waals surface area contributed by atoms with Crippen LogP contribution in [0.2, 0.25) is 10.0 Å². The number of carbonyl (C=O) groups excluding carboxylic acids is 1. The molecule has 0 aliphatic rings. The van der Waals surface area contributed by atoms with Gasteiger partial charge in [-0.15, -0.1) is 0 Å². The van der Waals surface area contributed by atoms with Crippen molar-refractivity contribution in [3.8, 4) is 0 Å². The molecular formula is C14H19Cl2NO2. The summed E-state index contributed by atoms with van der Waals surface area (Å²) in [5.74, 6) is 0.261. The highest BCUT2D eigenvalue weighted by atomic mass is 35.5. The lowest BCUT2D eigenvalue weighted by Crippen LogP contribution is -2.36. The molecule has 0 aliphatic carbocycles. The number of ether oxygens (including phenoxy) is 1. The van der Waals surface area contributed by atoms with Gasteiger partial charge in [-0.1, -0.05) is 43.1 Å². The van der Waals surface area contributed by atoms with Crippen LogP contribution in [0.1, 0.15) is 24.2 Å². The van der Waals surface area contributed by atoms with Crippen molar-refractivity contribution in [2.75, 3.05) is 26.8 Å². The molecule has 0 spiro atoms. The van der Waals surface area contributed by atoms with Gasteiger partial charge in [0.05, 0.1) is 22.2 Å². The average molecular weight is 304 g/mol. The molecule has 0 atom stereocenters. The summed E-state index contributed by atoms with van der Waals surface area (Å²) in [6.07, 6.45) is 0. The minimum absolute atomic E-state index is 0.113. The Labute approximate surface area is 124 Å². The SMILES string of the molecule is COCCN(CC(C)C)C(=O)c1cccc(Cl)c1Cl. The van der Waals surface area contributed by atoms with Gasteiger partial charge in [-0.2, -0.15) is 0 Å². The monoisotopic (exact) mass is 303 g/mol. The first-order valence-corrected chi connectivity index (χ1v) is 6.95. The van der Waals surface area contributed by atoms with Crippen LogP contribution in [0.25, 0.3) is 0 Å². The van der Waals surface area contributed by atoms with E-state index in [0.29, 0.717) is 41.2 Å². The summed E-state index contributed by atoms with van der Waals surface area (Å²) in [5.41, 5.74) is 0.436. The van der Waals surface area contributed by atoms with E-state index in [2.05, 4.69) is 13.8 Å². The third kappa shape index (κ3) is 4.68. The minimum Gasteiger partial charge on any atom is -0.383 e. The highest BCUT2D eigenvalue weighted by molar-refractivity contribution is 6.43. The maximum Gasteiger partial charge on any atom is 0.255 e. The van der Waals surface area contributed by atoms with E-state index >= 15 is 0 Å². The Morgan fingerprint density at radius 2 is 2.05 bits per heavy atom. The van der Waals surface area contributed by atoms with E-state index in [-0.39, 0.29) is 5.91 Å². The number of amides is 1. The first-order chi connectivity index (χ1) is 8.97. The average Bonchev–Trinajstić information content (AvgIpc) is 2.36. The second-order valence-electron chi connectivity index (χ2n) is 4.74. The molecular weight excluding hydrogens is 285 g/mol. The molecule has 19 heavy (non-hydrogen) atoms. The van der Waals surface area contributed by atoms with Crippen LogP contribution in [0, 0.1) is 5.92 Å². The lowest BCUT2D eigenvalue weighted by Gasteiger charge is -2.25. The van der Waals surface area contributed by atoms with Crippen LogP contribution in [-0.2, 0) is 4.74 Å². The summed E-state index contributed by atoms with van der Waals surface area (Å²) in [4.78, 5) is 14.2. The van der Waals surface area contributed by atoms with Crippen molar-refractivity contribution in [1.29, 1.82) is 0 Å². The van der Waals surface area contributed by atoms with Crippen molar-refractivity contribution < 1.29 is 9.53 Å². The van der Waals surface area contributed by atoms with Crippen molar-refractivity contribution in [1.82, 2.24) is 4.90 Å². The van der Waals surface area contributed by atoms with E-state index in [0.717, 1.165) is 0 Å². The number of benzene rings is 1. The van der Waals surface area contributed by atoms with Crippen LogP contribution in [0.4, 0.5) is 0 Å². The Morgan fingerprint density at radius 3 is 2.63 bits per heavy atom. The molecule has 1 amide bonds. The highest BCUT2D eigenvalue weighted by Gasteiger charge is 2.20. The second kappa shape index (κ2) is 7.73. The lowest BCUT2D eigenvalue weighted by atomic mass is 10.1. The summed E-state index contributed by atoms with van der Waals surface area (Å²) in [6, 6.07) is 5.09. The topological polar surface area (TPSA) is 29.5 Å². The number of rotatable bonds is 6. The molecule has 1 aromatic carbocycles. The lowest BCUT2D eigenvalue weighted by molar-refractivity contribution is 0.0672. The first-order valence-electron chi connectivity index (χ1n) is 6.19. The van der Waals surface area contributed by atoms with Gasteiger partial charge < -0.3 is 9.64 Å². The molecule has 0 heterocycles. The standard InChI is InChI=1S/C14H19Cl2NO2/c1-10(2)9-17(7-8-19-3)14(18)11-5-4-6-12(15)13(11)16/h4-6,10H,7-9H2,1-3H3. The highest BCUT2D eigenvalue weighted by Crippen LogP contribution is 2.26. The summed E-state index contributed by atoms with van der Waals surface area (Å²) in [7, 11) is 1.62. The van der Waals surface area contributed by atoms with Crippen LogP contribution in [0.15, 0.2) is 18.2 Å². The van der Waals surface area contributed by atoms with E-state index < -0.39 is 0 Å². The normalized spacial score (nSPS) is 10.8. The van der Waals surface area contributed by atoms with Crippen LogP contribution in [0.5, 0.6) is 0 Å². The van der Waals surface area contributed by atoms with Gasteiger partial charge in [-0.25, -0.2) is 0 Å². The Hall–Kier alpha value is -0.770. The Balaban J connectivity index is 2.94. The van der Waals surface area contributed by atoms with Crippen LogP contribution < -0.4 is 0 Å². The summed E-state index contributed by atoms with van der Waals surface area (Å²) in [6.45, 7) is 5.82. The fourth-order valence-corrected chi connectivity index (χ4v) is 2.14. The molecule has 106 valence electrons. The van der Waals surface area contributed by atoms with E-state index in [1.165, 1.54) is 0 Å². The minimum atomic E-state index is -0.113. The predicted molar refractivity (Wildman–Crippen MR) is 79.1 cm³/mol. The zero-order chi connectivity index (χ0) is 14.4. The van der Waals surface area contributed by atoms with Crippen molar-refractivity contribution in [2.24, 2.45) is 5.92 Å². The molecule has 0 N–H and O–H groups in total. The summed E-state index contributed by atoms with van der Waals surface area (Å²) in [5, 5.41) is 0.698. The zero-order valence-corrected chi connectivity index (χ0v) is 13.0.